The van der Waals surface area contributed by atoms with Crippen LogP contribution in [0.2, 0.25) is 0 Å². The summed E-state index contributed by atoms with van der Waals surface area (Å²) in [6, 6.07) is 5.47. The number of hydrogen-bond acceptors (Lipinski definition) is 5. The monoisotopic (exact) mass is 189 g/mol. The molecule has 0 saturated heterocycles. The number of aromatic nitrogens is 1. The van der Waals surface area contributed by atoms with E-state index in [9.17, 15) is 0 Å². The predicted octanol–water partition coefficient (Wildman–Crippen LogP) is 0.372. The highest BCUT2D eigenvalue weighted by atomic mass is 15.4. The van der Waals surface area contributed by atoms with Crippen molar-refractivity contribution in [3.8, 4) is 6.07 Å². The van der Waals surface area contributed by atoms with Crippen LogP contribution in [0.25, 0.3) is 0 Å². The minimum absolute atomic E-state index is 0.283. The minimum Gasteiger partial charge on any atom is -0.403 e. The van der Waals surface area contributed by atoms with Crippen LogP contribution in [-0.2, 0) is 0 Å². The number of hydrogen-bond donors (Lipinski definition) is 2. The van der Waals surface area contributed by atoms with Crippen LogP contribution >= 0.6 is 0 Å². The van der Waals surface area contributed by atoms with Gasteiger partial charge in [-0.3, -0.25) is 5.01 Å². The molecule has 5 heteroatoms. The number of hydrazine groups is 1. The van der Waals surface area contributed by atoms with Crippen LogP contribution in [0.15, 0.2) is 24.5 Å². The lowest BCUT2D eigenvalue weighted by atomic mass is 10.2. The fourth-order valence-corrected chi connectivity index (χ4v) is 1.01. The Hall–Kier alpha value is -2.06. The molecule has 0 aliphatic rings. The average molecular weight is 189 g/mol. The standard InChI is InChI=1S/C9H11N5/c1-7-2-3-9(8(6-11)13-7)14(12)5-4-10/h2-5H,10,12H2,1H3/b5-4-. The lowest BCUT2D eigenvalue weighted by Gasteiger charge is -2.13. The van der Waals surface area contributed by atoms with E-state index in [0.717, 1.165) is 5.69 Å². The molecule has 0 saturated carbocycles. The molecule has 14 heavy (non-hydrogen) atoms. The first kappa shape index (κ1) is 10.0. The average Bonchev–Trinajstić information content (AvgIpc) is 2.17. The van der Waals surface area contributed by atoms with Crippen molar-refractivity contribution in [1.82, 2.24) is 4.98 Å². The molecular formula is C9H11N5. The van der Waals surface area contributed by atoms with Gasteiger partial charge in [-0.1, -0.05) is 0 Å². The van der Waals surface area contributed by atoms with Crippen LogP contribution in [0.5, 0.6) is 0 Å². The molecule has 0 amide bonds. The highest BCUT2D eigenvalue weighted by Gasteiger charge is 2.06. The Morgan fingerprint density at radius 1 is 1.57 bits per heavy atom. The highest BCUT2D eigenvalue weighted by Crippen LogP contribution is 2.15. The third-order valence-electron chi connectivity index (χ3n) is 1.64. The number of aryl methyl sites for hydroxylation is 1. The second kappa shape index (κ2) is 4.25. The zero-order valence-electron chi connectivity index (χ0n) is 7.81. The van der Waals surface area contributed by atoms with Crippen molar-refractivity contribution >= 4 is 5.69 Å². The molecule has 0 unspecified atom stereocenters. The fraction of sp³-hybridized carbons (Fsp3) is 0.111. The van der Waals surface area contributed by atoms with Gasteiger partial charge < -0.3 is 5.73 Å². The first-order chi connectivity index (χ1) is 6.69. The smallest absolute Gasteiger partial charge is 0.165 e. The molecule has 1 aromatic heterocycles. The molecule has 0 radical (unpaired) electrons. The van der Waals surface area contributed by atoms with Crippen molar-refractivity contribution < 1.29 is 0 Å². The van der Waals surface area contributed by atoms with Crippen LogP contribution in [0.3, 0.4) is 0 Å². The van der Waals surface area contributed by atoms with Gasteiger partial charge in [-0.2, -0.15) is 5.26 Å². The second-order valence-corrected chi connectivity index (χ2v) is 2.68. The van der Waals surface area contributed by atoms with Gasteiger partial charge in [0.05, 0.1) is 5.69 Å². The zero-order chi connectivity index (χ0) is 10.6. The topological polar surface area (TPSA) is 92.0 Å². The number of nitrogens with zero attached hydrogens (tertiary/aromatic N) is 3. The molecule has 0 aliphatic heterocycles. The summed E-state index contributed by atoms with van der Waals surface area (Å²) >= 11 is 0. The van der Waals surface area contributed by atoms with Gasteiger partial charge in [-0.25, -0.2) is 10.8 Å². The Kier molecular flexibility index (Phi) is 3.05. The van der Waals surface area contributed by atoms with Crippen molar-refractivity contribution in [2.75, 3.05) is 5.01 Å². The van der Waals surface area contributed by atoms with E-state index in [0.29, 0.717) is 5.69 Å². The predicted molar refractivity (Wildman–Crippen MR) is 53.7 cm³/mol. The first-order valence-electron chi connectivity index (χ1n) is 3.99. The van der Waals surface area contributed by atoms with E-state index in [1.165, 1.54) is 17.4 Å². The lowest BCUT2D eigenvalue weighted by Crippen LogP contribution is -2.25. The first-order valence-corrected chi connectivity index (χ1v) is 3.99. The highest BCUT2D eigenvalue weighted by molar-refractivity contribution is 5.56. The van der Waals surface area contributed by atoms with Crippen LogP contribution < -0.4 is 16.6 Å². The maximum atomic E-state index is 8.81. The van der Waals surface area contributed by atoms with E-state index < -0.39 is 0 Å². The van der Waals surface area contributed by atoms with Gasteiger partial charge in [-0.15, -0.1) is 0 Å². The normalized spacial score (nSPS) is 10.1. The molecule has 0 bridgehead atoms. The lowest BCUT2D eigenvalue weighted by molar-refractivity contribution is 1.04. The SMILES string of the molecule is Cc1ccc(N(N)/C=C\N)c(C#N)n1. The molecular weight excluding hydrogens is 178 g/mol. The van der Waals surface area contributed by atoms with Crippen molar-refractivity contribution in [2.45, 2.75) is 6.92 Å². The summed E-state index contributed by atoms with van der Waals surface area (Å²) in [5.41, 5.74) is 6.77. The molecule has 0 fully saturated rings. The quantitative estimate of drug-likeness (QED) is 0.518. The van der Waals surface area contributed by atoms with Gasteiger partial charge in [0.2, 0.25) is 0 Å². The van der Waals surface area contributed by atoms with Gasteiger partial charge in [-0.05, 0) is 19.1 Å². The molecule has 0 atom stereocenters. The zero-order valence-corrected chi connectivity index (χ0v) is 7.81. The van der Waals surface area contributed by atoms with Crippen LogP contribution in [0, 0.1) is 18.3 Å². The van der Waals surface area contributed by atoms with E-state index in [1.54, 1.807) is 12.1 Å². The number of pyridine rings is 1. The van der Waals surface area contributed by atoms with E-state index in [2.05, 4.69) is 4.98 Å². The molecule has 0 aliphatic carbocycles. The van der Waals surface area contributed by atoms with Crippen molar-refractivity contribution in [3.63, 3.8) is 0 Å². The van der Waals surface area contributed by atoms with Gasteiger partial charge >= 0.3 is 0 Å². The van der Waals surface area contributed by atoms with Crippen molar-refractivity contribution in [1.29, 1.82) is 5.26 Å². The van der Waals surface area contributed by atoms with Crippen LogP contribution in [0.1, 0.15) is 11.4 Å². The molecule has 4 N–H and O–H groups in total. The van der Waals surface area contributed by atoms with Gasteiger partial charge in [0.1, 0.15) is 6.07 Å². The minimum atomic E-state index is 0.283. The Morgan fingerprint density at radius 2 is 2.29 bits per heavy atom. The van der Waals surface area contributed by atoms with Crippen molar-refractivity contribution in [3.05, 3.63) is 35.9 Å². The number of anilines is 1. The summed E-state index contributed by atoms with van der Waals surface area (Å²) in [6.45, 7) is 1.81. The number of nitriles is 1. The van der Waals surface area contributed by atoms with E-state index >= 15 is 0 Å². The van der Waals surface area contributed by atoms with Crippen molar-refractivity contribution in [2.24, 2.45) is 11.6 Å². The van der Waals surface area contributed by atoms with Gasteiger partial charge in [0.15, 0.2) is 5.69 Å². The Morgan fingerprint density at radius 3 is 2.86 bits per heavy atom. The van der Waals surface area contributed by atoms with E-state index in [-0.39, 0.29) is 5.69 Å². The molecule has 1 heterocycles. The second-order valence-electron chi connectivity index (χ2n) is 2.68. The van der Waals surface area contributed by atoms with Crippen LogP contribution in [-0.4, -0.2) is 4.98 Å². The Labute approximate surface area is 82.2 Å². The van der Waals surface area contributed by atoms with Gasteiger partial charge in [0, 0.05) is 18.1 Å². The molecule has 72 valence electrons. The number of nitrogens with two attached hydrogens (primary N) is 2. The summed E-state index contributed by atoms with van der Waals surface area (Å²) in [4.78, 5) is 4.04. The summed E-state index contributed by atoms with van der Waals surface area (Å²) in [6.07, 6.45) is 2.74. The number of rotatable bonds is 2. The van der Waals surface area contributed by atoms with E-state index in [1.807, 2.05) is 13.0 Å². The maximum Gasteiger partial charge on any atom is 0.165 e. The Bertz CT molecular complexity index is 391. The summed E-state index contributed by atoms with van der Waals surface area (Å²) in [5.74, 6) is 5.61. The summed E-state index contributed by atoms with van der Waals surface area (Å²) in [7, 11) is 0. The summed E-state index contributed by atoms with van der Waals surface area (Å²) in [5, 5.41) is 10.1. The van der Waals surface area contributed by atoms with Gasteiger partial charge in [0.25, 0.3) is 0 Å². The largest absolute Gasteiger partial charge is 0.403 e. The molecule has 1 rings (SSSR count). The molecule has 1 aromatic rings. The third kappa shape index (κ3) is 2.00. The Balaban J connectivity index is 3.15. The summed E-state index contributed by atoms with van der Waals surface area (Å²) < 4.78 is 0. The van der Waals surface area contributed by atoms with Crippen LogP contribution in [0.4, 0.5) is 5.69 Å². The molecule has 0 spiro atoms. The molecule has 5 nitrogen and oxygen atoms in total. The molecule has 0 aromatic carbocycles. The fourth-order valence-electron chi connectivity index (χ4n) is 1.01. The maximum absolute atomic E-state index is 8.81. The third-order valence-corrected chi connectivity index (χ3v) is 1.64. The van der Waals surface area contributed by atoms with E-state index in [4.69, 9.17) is 16.8 Å².